The smallest absolute Gasteiger partial charge is 0.193 e. The average molecular weight is 496 g/mol. The molecule has 2 rings (SSSR count). The van der Waals surface area contributed by atoms with E-state index < -0.39 is 17.7 Å². The van der Waals surface area contributed by atoms with Gasteiger partial charge in [-0.3, -0.25) is 4.99 Å². The van der Waals surface area contributed by atoms with Gasteiger partial charge in [-0.15, -0.1) is 24.0 Å². The molecule has 1 saturated heterocycles. The topological polar surface area (TPSA) is 40.1 Å². The van der Waals surface area contributed by atoms with E-state index >= 15 is 0 Å². The maximum absolute atomic E-state index is 14.2. The first-order valence-electron chi connectivity index (χ1n) is 9.11. The lowest BCUT2D eigenvalue weighted by molar-refractivity contribution is 0.181. The quantitative estimate of drug-likeness (QED) is 0.358. The number of rotatable bonds is 7. The van der Waals surface area contributed by atoms with Crippen LogP contribution in [0.25, 0.3) is 0 Å². The van der Waals surface area contributed by atoms with Gasteiger partial charge in [-0.1, -0.05) is 6.07 Å². The van der Waals surface area contributed by atoms with E-state index in [1.807, 2.05) is 14.0 Å². The number of hydrogen-bond acceptors (Lipinski definition) is 3. The molecule has 0 aromatic heterocycles. The summed E-state index contributed by atoms with van der Waals surface area (Å²) < 4.78 is 33.8. The molecule has 2 atom stereocenters. The molecule has 2 unspecified atom stereocenters. The zero-order chi connectivity index (χ0) is 19.1. The van der Waals surface area contributed by atoms with Crippen LogP contribution in [0.1, 0.15) is 24.9 Å². The van der Waals surface area contributed by atoms with Crippen molar-refractivity contribution in [3.63, 3.8) is 0 Å². The van der Waals surface area contributed by atoms with Crippen molar-refractivity contribution in [1.82, 2.24) is 15.1 Å². The molecule has 1 aromatic carbocycles. The van der Waals surface area contributed by atoms with Gasteiger partial charge < -0.3 is 19.9 Å². The van der Waals surface area contributed by atoms with E-state index in [2.05, 4.69) is 15.2 Å². The number of aliphatic imine (C=N–C) groups is 1. The highest BCUT2D eigenvalue weighted by molar-refractivity contribution is 14.0. The SMILES string of the molecule is CCNC(=NCC(c1c(F)cccc1F)N(C)C)N(C)CC1CCOC1.I. The van der Waals surface area contributed by atoms with Gasteiger partial charge in [0.1, 0.15) is 11.6 Å². The lowest BCUT2D eigenvalue weighted by Gasteiger charge is -2.27. The molecule has 0 spiro atoms. The molecule has 1 aromatic rings. The van der Waals surface area contributed by atoms with E-state index in [1.54, 1.807) is 19.0 Å². The van der Waals surface area contributed by atoms with Crippen molar-refractivity contribution in [3.8, 4) is 0 Å². The van der Waals surface area contributed by atoms with Gasteiger partial charge in [-0.2, -0.15) is 0 Å². The molecule has 8 heteroatoms. The molecule has 1 heterocycles. The summed E-state index contributed by atoms with van der Waals surface area (Å²) in [6, 6.07) is 3.48. The van der Waals surface area contributed by atoms with Crippen LogP contribution in [0.2, 0.25) is 0 Å². The van der Waals surface area contributed by atoms with Crippen molar-refractivity contribution >= 4 is 29.9 Å². The number of nitrogens with one attached hydrogen (secondary N) is 1. The standard InChI is InChI=1S/C19H30F2N4O.HI/c1-5-22-19(25(4)12-14-9-10-26-13-14)23-11-17(24(2)3)18-15(20)7-6-8-16(18)21;/h6-8,14,17H,5,9-13H2,1-4H3,(H,22,23);1H. The molecule has 27 heavy (non-hydrogen) atoms. The maximum Gasteiger partial charge on any atom is 0.193 e. The van der Waals surface area contributed by atoms with Crippen LogP contribution < -0.4 is 5.32 Å². The van der Waals surface area contributed by atoms with Crippen molar-refractivity contribution in [1.29, 1.82) is 0 Å². The minimum atomic E-state index is -0.541. The third kappa shape index (κ3) is 6.83. The predicted octanol–water partition coefficient (Wildman–Crippen LogP) is 3.12. The number of guanidine groups is 1. The average Bonchev–Trinajstić information content (AvgIpc) is 3.08. The summed E-state index contributed by atoms with van der Waals surface area (Å²) in [5, 5.41) is 3.26. The van der Waals surface area contributed by atoms with Crippen LogP contribution >= 0.6 is 24.0 Å². The predicted molar refractivity (Wildman–Crippen MR) is 116 cm³/mol. The Hall–Kier alpha value is -1.00. The zero-order valence-electron chi connectivity index (χ0n) is 16.5. The van der Waals surface area contributed by atoms with E-state index in [1.165, 1.54) is 18.2 Å². The van der Waals surface area contributed by atoms with Crippen LogP contribution in [0, 0.1) is 17.6 Å². The number of halogens is 3. The monoisotopic (exact) mass is 496 g/mol. The highest BCUT2D eigenvalue weighted by Gasteiger charge is 2.23. The van der Waals surface area contributed by atoms with Gasteiger partial charge in [-0.25, -0.2) is 8.78 Å². The normalized spacial score (nSPS) is 18.3. The summed E-state index contributed by atoms with van der Waals surface area (Å²) in [5.74, 6) is 0.140. The highest BCUT2D eigenvalue weighted by atomic mass is 127. The summed E-state index contributed by atoms with van der Waals surface area (Å²) in [4.78, 5) is 8.51. The minimum absolute atomic E-state index is 0. The van der Waals surface area contributed by atoms with Gasteiger partial charge in [0.2, 0.25) is 0 Å². The first-order chi connectivity index (χ1) is 12.4. The fraction of sp³-hybridized carbons (Fsp3) is 0.632. The number of hydrogen-bond donors (Lipinski definition) is 1. The Balaban J connectivity index is 0.00000364. The third-order valence-corrected chi connectivity index (χ3v) is 4.62. The van der Waals surface area contributed by atoms with Gasteiger partial charge in [0.15, 0.2) is 5.96 Å². The van der Waals surface area contributed by atoms with E-state index in [4.69, 9.17) is 4.74 Å². The molecular weight excluding hydrogens is 465 g/mol. The Morgan fingerprint density at radius 1 is 1.30 bits per heavy atom. The first-order valence-corrected chi connectivity index (χ1v) is 9.11. The molecule has 154 valence electrons. The molecule has 1 fully saturated rings. The van der Waals surface area contributed by atoms with E-state index in [9.17, 15) is 8.78 Å². The van der Waals surface area contributed by atoms with Gasteiger partial charge in [0, 0.05) is 38.2 Å². The van der Waals surface area contributed by atoms with Gasteiger partial charge >= 0.3 is 0 Å². The zero-order valence-corrected chi connectivity index (χ0v) is 18.9. The Bertz CT molecular complexity index is 589. The van der Waals surface area contributed by atoms with E-state index in [-0.39, 0.29) is 36.1 Å². The summed E-state index contributed by atoms with van der Waals surface area (Å²) in [6.07, 6.45) is 1.05. The molecule has 0 saturated carbocycles. The Morgan fingerprint density at radius 3 is 2.48 bits per heavy atom. The summed E-state index contributed by atoms with van der Waals surface area (Å²) in [7, 11) is 5.59. The first kappa shape index (κ1) is 24.0. The fourth-order valence-electron chi connectivity index (χ4n) is 3.19. The van der Waals surface area contributed by atoms with Gasteiger partial charge in [0.25, 0.3) is 0 Å². The van der Waals surface area contributed by atoms with Crippen molar-refractivity contribution < 1.29 is 13.5 Å². The van der Waals surface area contributed by atoms with Crippen LogP contribution in [-0.4, -0.2) is 69.8 Å². The molecule has 1 aliphatic rings. The molecule has 0 bridgehead atoms. The van der Waals surface area contributed by atoms with Crippen LogP contribution in [0.3, 0.4) is 0 Å². The second kappa shape index (κ2) is 11.8. The molecule has 5 nitrogen and oxygen atoms in total. The largest absolute Gasteiger partial charge is 0.381 e. The number of ether oxygens (including phenoxy) is 1. The fourth-order valence-corrected chi connectivity index (χ4v) is 3.19. The van der Waals surface area contributed by atoms with Crippen molar-refractivity contribution in [2.45, 2.75) is 19.4 Å². The Morgan fingerprint density at radius 2 is 1.96 bits per heavy atom. The van der Waals surface area contributed by atoms with Gasteiger partial charge in [-0.05, 0) is 39.6 Å². The van der Waals surface area contributed by atoms with Crippen LogP contribution in [0.4, 0.5) is 8.78 Å². The molecule has 0 radical (unpaired) electrons. The van der Waals surface area contributed by atoms with Crippen LogP contribution in [-0.2, 0) is 4.74 Å². The van der Waals surface area contributed by atoms with E-state index in [0.717, 1.165) is 38.7 Å². The molecule has 1 aliphatic heterocycles. The minimum Gasteiger partial charge on any atom is -0.381 e. The number of likely N-dealkylation sites (N-methyl/N-ethyl adjacent to an activating group) is 1. The van der Waals surface area contributed by atoms with Crippen molar-refractivity contribution in [3.05, 3.63) is 35.4 Å². The van der Waals surface area contributed by atoms with E-state index in [0.29, 0.717) is 5.92 Å². The molecular formula is C19H31F2IN4O. The number of nitrogens with zero attached hydrogens (tertiary/aromatic N) is 3. The molecule has 1 N–H and O–H groups in total. The summed E-state index contributed by atoms with van der Waals surface area (Å²) >= 11 is 0. The Kier molecular flexibility index (Phi) is 10.5. The summed E-state index contributed by atoms with van der Waals surface area (Å²) in [6.45, 7) is 5.41. The third-order valence-electron chi connectivity index (χ3n) is 4.62. The van der Waals surface area contributed by atoms with Crippen molar-refractivity contribution in [2.75, 3.05) is 54.0 Å². The number of benzene rings is 1. The molecule has 0 amide bonds. The van der Waals surface area contributed by atoms with Crippen LogP contribution in [0.5, 0.6) is 0 Å². The lowest BCUT2D eigenvalue weighted by Crippen LogP contribution is -2.42. The highest BCUT2D eigenvalue weighted by Crippen LogP contribution is 2.25. The Labute approximate surface area is 178 Å². The molecule has 0 aliphatic carbocycles. The lowest BCUT2D eigenvalue weighted by atomic mass is 10.0. The second-order valence-corrected chi connectivity index (χ2v) is 6.92. The van der Waals surface area contributed by atoms with Gasteiger partial charge in [0.05, 0.1) is 19.2 Å². The van der Waals surface area contributed by atoms with Crippen LogP contribution in [0.15, 0.2) is 23.2 Å². The second-order valence-electron chi connectivity index (χ2n) is 6.92. The van der Waals surface area contributed by atoms with Crippen molar-refractivity contribution in [2.24, 2.45) is 10.9 Å². The maximum atomic E-state index is 14.2. The summed E-state index contributed by atoms with van der Waals surface area (Å²) in [5.41, 5.74) is 0.0592.